The minimum Gasteiger partial charge on any atom is -0.326 e. The number of carbonyl (C=O) groups is 1. The van der Waals surface area contributed by atoms with Gasteiger partial charge in [-0.25, -0.2) is 0 Å². The summed E-state index contributed by atoms with van der Waals surface area (Å²) >= 11 is 0. The molecule has 0 bridgehead atoms. The molecule has 0 saturated carbocycles. The van der Waals surface area contributed by atoms with E-state index in [0.717, 1.165) is 17.7 Å². The topological polar surface area (TPSA) is 83.6 Å². The number of nitrogens with one attached hydrogen (secondary N) is 2. The zero-order valence-corrected chi connectivity index (χ0v) is 12.8. The van der Waals surface area contributed by atoms with Gasteiger partial charge in [0.05, 0.1) is 0 Å². The molecule has 1 aromatic heterocycles. The Morgan fingerprint density at radius 2 is 1.91 bits per heavy atom. The third-order valence-corrected chi connectivity index (χ3v) is 3.65. The van der Waals surface area contributed by atoms with Crippen LogP contribution in [0.2, 0.25) is 0 Å². The Kier molecular flexibility index (Phi) is 4.42. The smallest absolute Gasteiger partial charge is 0.224 e. The molecule has 116 valence electrons. The Hall–Kier alpha value is -3.02. The van der Waals surface area contributed by atoms with Gasteiger partial charge in [-0.3, -0.25) is 4.79 Å². The quantitative estimate of drug-likeness (QED) is 0.759. The molecule has 0 fully saturated rings. The number of rotatable bonds is 5. The van der Waals surface area contributed by atoms with E-state index >= 15 is 0 Å². The van der Waals surface area contributed by atoms with Gasteiger partial charge in [-0.1, -0.05) is 24.3 Å². The molecular formula is C17H17N5O. The van der Waals surface area contributed by atoms with E-state index in [9.17, 15) is 4.79 Å². The number of hydrogen-bond acceptors (Lipinski definition) is 4. The summed E-state index contributed by atoms with van der Waals surface area (Å²) in [5, 5.41) is 16.7. The van der Waals surface area contributed by atoms with Crippen molar-refractivity contribution in [3.05, 3.63) is 59.7 Å². The van der Waals surface area contributed by atoms with Crippen molar-refractivity contribution in [1.29, 1.82) is 0 Å². The van der Waals surface area contributed by atoms with Gasteiger partial charge < -0.3 is 5.32 Å². The second-order valence-corrected chi connectivity index (χ2v) is 5.29. The molecule has 1 heterocycles. The lowest BCUT2D eigenvalue weighted by molar-refractivity contribution is -0.116. The van der Waals surface area contributed by atoms with Crippen molar-refractivity contribution in [2.75, 3.05) is 5.32 Å². The average Bonchev–Trinajstić information content (AvgIpc) is 3.09. The highest BCUT2D eigenvalue weighted by molar-refractivity contribution is 5.91. The average molecular weight is 307 g/mol. The van der Waals surface area contributed by atoms with Crippen molar-refractivity contribution in [2.45, 2.75) is 19.8 Å². The molecule has 3 aromatic rings. The first-order chi connectivity index (χ1) is 11.2. The van der Waals surface area contributed by atoms with Crippen LogP contribution in [0.15, 0.2) is 48.5 Å². The molecule has 6 heteroatoms. The molecule has 0 spiro atoms. The first-order valence-electron chi connectivity index (χ1n) is 7.40. The number of anilines is 1. The molecule has 0 saturated heterocycles. The maximum Gasteiger partial charge on any atom is 0.224 e. The highest BCUT2D eigenvalue weighted by Crippen LogP contribution is 2.17. The predicted octanol–water partition coefficient (Wildman–Crippen LogP) is 2.75. The van der Waals surface area contributed by atoms with Gasteiger partial charge in [0.1, 0.15) is 0 Å². The number of benzene rings is 2. The van der Waals surface area contributed by atoms with Gasteiger partial charge in [-0.2, -0.15) is 5.21 Å². The largest absolute Gasteiger partial charge is 0.326 e. The fourth-order valence-corrected chi connectivity index (χ4v) is 2.35. The Morgan fingerprint density at radius 1 is 1.13 bits per heavy atom. The van der Waals surface area contributed by atoms with Crippen molar-refractivity contribution in [3.8, 4) is 11.4 Å². The van der Waals surface area contributed by atoms with Gasteiger partial charge in [0.2, 0.25) is 11.7 Å². The maximum absolute atomic E-state index is 12.1. The third kappa shape index (κ3) is 3.79. The summed E-state index contributed by atoms with van der Waals surface area (Å²) in [6, 6.07) is 15.5. The summed E-state index contributed by atoms with van der Waals surface area (Å²) in [5.74, 6) is 0.531. The van der Waals surface area contributed by atoms with E-state index in [2.05, 4.69) is 45.0 Å². The van der Waals surface area contributed by atoms with E-state index in [0.29, 0.717) is 12.2 Å². The van der Waals surface area contributed by atoms with E-state index < -0.39 is 0 Å². The number of hydrogen-bond donors (Lipinski definition) is 2. The van der Waals surface area contributed by atoms with Crippen molar-refractivity contribution in [1.82, 2.24) is 20.6 Å². The Bertz CT molecular complexity index is 781. The molecule has 0 atom stereocenters. The van der Waals surface area contributed by atoms with Gasteiger partial charge in [-0.05, 0) is 54.0 Å². The zero-order chi connectivity index (χ0) is 16.1. The lowest BCUT2D eigenvalue weighted by Gasteiger charge is -2.07. The fraction of sp³-hybridized carbons (Fsp3) is 0.176. The molecule has 0 radical (unpaired) electrons. The number of aromatic nitrogens is 4. The van der Waals surface area contributed by atoms with Crippen molar-refractivity contribution < 1.29 is 4.79 Å². The van der Waals surface area contributed by atoms with Crippen LogP contribution in [0, 0.1) is 6.92 Å². The number of amides is 1. The normalized spacial score (nSPS) is 10.5. The molecule has 2 N–H and O–H groups in total. The maximum atomic E-state index is 12.1. The first kappa shape index (κ1) is 14.9. The first-order valence-corrected chi connectivity index (χ1v) is 7.40. The minimum atomic E-state index is 0.000522. The monoisotopic (exact) mass is 307 g/mol. The molecular weight excluding hydrogens is 290 g/mol. The summed E-state index contributed by atoms with van der Waals surface area (Å²) in [6.45, 7) is 2.06. The second-order valence-electron chi connectivity index (χ2n) is 5.29. The van der Waals surface area contributed by atoms with Gasteiger partial charge >= 0.3 is 0 Å². The van der Waals surface area contributed by atoms with Gasteiger partial charge in [-0.15, -0.1) is 10.2 Å². The minimum absolute atomic E-state index is 0.000522. The molecule has 0 aliphatic rings. The van der Waals surface area contributed by atoms with Crippen LogP contribution in [0.3, 0.4) is 0 Å². The van der Waals surface area contributed by atoms with E-state index in [1.807, 2.05) is 36.4 Å². The number of H-pyrrole nitrogens is 1. The molecule has 0 unspecified atom stereocenters. The Morgan fingerprint density at radius 3 is 2.61 bits per heavy atom. The Balaban J connectivity index is 1.57. The number of nitrogens with zero attached hydrogens (tertiary/aromatic N) is 3. The van der Waals surface area contributed by atoms with Gasteiger partial charge in [0.15, 0.2) is 0 Å². The molecule has 6 nitrogen and oxygen atoms in total. The van der Waals surface area contributed by atoms with Crippen LogP contribution >= 0.6 is 0 Å². The summed E-state index contributed by atoms with van der Waals surface area (Å²) in [7, 11) is 0. The second kappa shape index (κ2) is 6.83. The van der Waals surface area contributed by atoms with E-state index in [1.165, 1.54) is 11.1 Å². The molecule has 0 aliphatic carbocycles. The highest BCUT2D eigenvalue weighted by Gasteiger charge is 2.06. The van der Waals surface area contributed by atoms with Crippen molar-refractivity contribution >= 4 is 11.6 Å². The standard InChI is InChI=1S/C17H17N5O/c1-12-4-2-3-5-13(12)8-11-16(23)18-15-9-6-14(7-10-15)17-19-21-22-20-17/h2-7,9-10H,8,11H2,1H3,(H,18,23)(H,19,20,21,22). The lowest BCUT2D eigenvalue weighted by Crippen LogP contribution is -2.12. The summed E-state index contributed by atoms with van der Waals surface area (Å²) in [6.07, 6.45) is 1.19. The summed E-state index contributed by atoms with van der Waals surface area (Å²) in [4.78, 5) is 12.1. The van der Waals surface area contributed by atoms with Crippen molar-refractivity contribution in [3.63, 3.8) is 0 Å². The van der Waals surface area contributed by atoms with Crippen LogP contribution in [0.4, 0.5) is 5.69 Å². The van der Waals surface area contributed by atoms with Crippen LogP contribution in [-0.4, -0.2) is 26.5 Å². The summed E-state index contributed by atoms with van der Waals surface area (Å²) in [5.41, 5.74) is 4.02. The number of carbonyl (C=O) groups excluding carboxylic acids is 1. The molecule has 3 rings (SSSR count). The van der Waals surface area contributed by atoms with Gasteiger partial charge in [0.25, 0.3) is 0 Å². The molecule has 2 aromatic carbocycles. The fourth-order valence-electron chi connectivity index (χ4n) is 2.35. The van der Waals surface area contributed by atoms with Gasteiger partial charge in [0, 0.05) is 17.7 Å². The molecule has 23 heavy (non-hydrogen) atoms. The van der Waals surface area contributed by atoms with Crippen LogP contribution in [0.5, 0.6) is 0 Å². The number of aryl methyl sites for hydroxylation is 2. The van der Waals surface area contributed by atoms with E-state index in [1.54, 1.807) is 0 Å². The van der Waals surface area contributed by atoms with E-state index in [-0.39, 0.29) is 5.91 Å². The van der Waals surface area contributed by atoms with Crippen LogP contribution in [0.1, 0.15) is 17.5 Å². The molecule has 1 amide bonds. The predicted molar refractivity (Wildman–Crippen MR) is 87.7 cm³/mol. The lowest BCUT2D eigenvalue weighted by atomic mass is 10.0. The zero-order valence-electron chi connectivity index (χ0n) is 12.8. The summed E-state index contributed by atoms with van der Waals surface area (Å²) < 4.78 is 0. The number of aromatic amines is 1. The number of tetrazole rings is 1. The molecule has 0 aliphatic heterocycles. The van der Waals surface area contributed by atoms with Crippen LogP contribution < -0.4 is 5.32 Å². The van der Waals surface area contributed by atoms with Crippen molar-refractivity contribution in [2.24, 2.45) is 0 Å². The highest BCUT2D eigenvalue weighted by atomic mass is 16.1. The van der Waals surface area contributed by atoms with E-state index in [4.69, 9.17) is 0 Å². The third-order valence-electron chi connectivity index (χ3n) is 3.65. The SMILES string of the molecule is Cc1ccccc1CCC(=O)Nc1ccc(-c2nn[nH]n2)cc1. The van der Waals surface area contributed by atoms with Crippen LogP contribution in [0.25, 0.3) is 11.4 Å². The van der Waals surface area contributed by atoms with Crippen LogP contribution in [-0.2, 0) is 11.2 Å². The Labute approximate surface area is 133 Å².